The first-order chi connectivity index (χ1) is 12.4. The van der Waals surface area contributed by atoms with Gasteiger partial charge in [0, 0.05) is 10.9 Å². The molecular weight excluding hydrogens is 354 g/mol. The van der Waals surface area contributed by atoms with Crippen molar-refractivity contribution in [2.75, 3.05) is 0 Å². The summed E-state index contributed by atoms with van der Waals surface area (Å²) in [6.07, 6.45) is 0. The number of benzene rings is 3. The van der Waals surface area contributed by atoms with Crippen LogP contribution in [0.2, 0.25) is 0 Å². The fourth-order valence-electron chi connectivity index (χ4n) is 2.59. The van der Waals surface area contributed by atoms with E-state index in [1.165, 1.54) is 25.1 Å². The van der Waals surface area contributed by atoms with E-state index >= 15 is 0 Å². The van der Waals surface area contributed by atoms with Crippen molar-refractivity contribution < 1.29 is 22.3 Å². The smallest absolute Gasteiger partial charge is 0.294 e. The number of Topliss-reactive ketones (excluding diaryl/α,β-unsaturated/α-hetero) is 1. The van der Waals surface area contributed by atoms with Crippen LogP contribution < -0.4 is 5.48 Å². The van der Waals surface area contributed by atoms with Crippen LogP contribution >= 0.6 is 0 Å². The fraction of sp³-hybridized carbons (Fsp3) is 0.0526. The number of carbonyl (C=O) groups excluding carboxylic acids is 2. The van der Waals surface area contributed by atoms with Crippen LogP contribution in [-0.2, 0) is 14.4 Å². The summed E-state index contributed by atoms with van der Waals surface area (Å²) >= 11 is 0. The van der Waals surface area contributed by atoms with E-state index in [9.17, 15) is 18.0 Å². The quantitative estimate of drug-likeness (QED) is 0.551. The van der Waals surface area contributed by atoms with Crippen molar-refractivity contribution in [3.05, 3.63) is 77.9 Å². The van der Waals surface area contributed by atoms with Crippen molar-refractivity contribution in [2.45, 2.75) is 11.8 Å². The van der Waals surface area contributed by atoms with Crippen molar-refractivity contribution in [1.82, 2.24) is 5.48 Å². The highest BCUT2D eigenvalue weighted by Gasteiger charge is 2.21. The minimum atomic E-state index is -4.24. The maximum atomic E-state index is 12.5. The second-order valence-electron chi connectivity index (χ2n) is 5.55. The zero-order chi connectivity index (χ0) is 18.7. The Morgan fingerprint density at radius 1 is 0.846 bits per heavy atom. The van der Waals surface area contributed by atoms with Crippen LogP contribution in [0.4, 0.5) is 0 Å². The first-order valence-electron chi connectivity index (χ1n) is 7.72. The van der Waals surface area contributed by atoms with Gasteiger partial charge < -0.3 is 0 Å². The number of hydroxylamine groups is 1. The van der Waals surface area contributed by atoms with Gasteiger partial charge in [-0.15, -0.1) is 4.28 Å². The van der Waals surface area contributed by atoms with E-state index < -0.39 is 16.0 Å². The summed E-state index contributed by atoms with van der Waals surface area (Å²) in [7, 11) is -4.24. The molecule has 0 radical (unpaired) electrons. The lowest BCUT2D eigenvalue weighted by Crippen LogP contribution is -2.28. The van der Waals surface area contributed by atoms with Crippen LogP contribution in [0.15, 0.2) is 71.6 Å². The van der Waals surface area contributed by atoms with Gasteiger partial charge in [-0.25, -0.2) is 5.48 Å². The van der Waals surface area contributed by atoms with Gasteiger partial charge in [-0.1, -0.05) is 54.6 Å². The molecule has 6 nitrogen and oxygen atoms in total. The average molecular weight is 369 g/mol. The summed E-state index contributed by atoms with van der Waals surface area (Å²) in [5.41, 5.74) is 2.13. The maximum Gasteiger partial charge on any atom is 0.318 e. The van der Waals surface area contributed by atoms with Crippen molar-refractivity contribution >= 4 is 32.6 Å². The number of ketones is 1. The highest BCUT2D eigenvalue weighted by molar-refractivity contribution is 7.87. The lowest BCUT2D eigenvalue weighted by atomic mass is 10.0. The zero-order valence-electron chi connectivity index (χ0n) is 13.8. The molecule has 0 saturated carbocycles. The summed E-state index contributed by atoms with van der Waals surface area (Å²) in [5.74, 6) is -1.13. The van der Waals surface area contributed by atoms with E-state index in [-0.39, 0.29) is 21.8 Å². The molecule has 7 heteroatoms. The van der Waals surface area contributed by atoms with Gasteiger partial charge in [0.2, 0.25) is 0 Å². The predicted molar refractivity (Wildman–Crippen MR) is 96.1 cm³/mol. The van der Waals surface area contributed by atoms with Gasteiger partial charge in [-0.05, 0) is 24.4 Å². The van der Waals surface area contributed by atoms with Gasteiger partial charge in [0.1, 0.15) is 4.90 Å². The molecule has 3 aromatic carbocycles. The Balaban J connectivity index is 1.87. The van der Waals surface area contributed by atoms with Crippen molar-refractivity contribution in [2.24, 2.45) is 0 Å². The number of hydrogen-bond donors (Lipinski definition) is 1. The Morgan fingerprint density at radius 2 is 1.46 bits per heavy atom. The molecule has 132 valence electrons. The third-order valence-electron chi connectivity index (χ3n) is 3.81. The van der Waals surface area contributed by atoms with Crippen LogP contribution in [0.3, 0.4) is 0 Å². The van der Waals surface area contributed by atoms with Crippen molar-refractivity contribution in [3.63, 3.8) is 0 Å². The molecule has 0 bridgehead atoms. The van der Waals surface area contributed by atoms with Gasteiger partial charge >= 0.3 is 10.1 Å². The third kappa shape index (κ3) is 3.49. The topological polar surface area (TPSA) is 89.5 Å². The van der Waals surface area contributed by atoms with E-state index in [4.69, 9.17) is 4.28 Å². The van der Waals surface area contributed by atoms with Crippen LogP contribution in [0, 0.1) is 0 Å². The molecule has 3 aromatic rings. The number of rotatable bonds is 5. The molecule has 0 saturated heterocycles. The molecule has 1 amide bonds. The molecule has 0 spiro atoms. The standard InChI is InChI=1S/C19H15NO5S/c1-13(21)15-9-4-5-11-17(15)19(22)20-25-26(23,24)18-12-6-8-14-7-2-3-10-16(14)18/h2-12H,1H3,(H,20,22). The summed E-state index contributed by atoms with van der Waals surface area (Å²) in [4.78, 5) is 23.8. The van der Waals surface area contributed by atoms with Crippen molar-refractivity contribution in [3.8, 4) is 0 Å². The molecule has 0 atom stereocenters. The highest BCUT2D eigenvalue weighted by atomic mass is 32.2. The largest absolute Gasteiger partial charge is 0.318 e. The lowest BCUT2D eigenvalue weighted by molar-refractivity contribution is 0.0766. The van der Waals surface area contributed by atoms with E-state index in [1.54, 1.807) is 48.5 Å². The van der Waals surface area contributed by atoms with Gasteiger partial charge in [-0.2, -0.15) is 8.42 Å². The van der Waals surface area contributed by atoms with Gasteiger partial charge in [-0.3, -0.25) is 9.59 Å². The van der Waals surface area contributed by atoms with Gasteiger partial charge in [0.25, 0.3) is 5.91 Å². The Labute approximate surface area is 150 Å². The van der Waals surface area contributed by atoms with Crippen LogP contribution in [-0.4, -0.2) is 20.1 Å². The third-order valence-corrected chi connectivity index (χ3v) is 5.01. The van der Waals surface area contributed by atoms with Crippen LogP contribution in [0.1, 0.15) is 27.6 Å². The molecule has 3 rings (SSSR count). The molecule has 0 aromatic heterocycles. The molecule has 0 aliphatic heterocycles. The number of fused-ring (bicyclic) bond motifs is 1. The second kappa shape index (κ2) is 7.07. The summed E-state index contributed by atoms with van der Waals surface area (Å²) in [5, 5.41) is 1.21. The highest BCUT2D eigenvalue weighted by Crippen LogP contribution is 2.23. The molecular formula is C19H15NO5S. The number of amides is 1. The van der Waals surface area contributed by atoms with Crippen LogP contribution in [0.25, 0.3) is 10.8 Å². The molecule has 1 N–H and O–H groups in total. The normalized spacial score (nSPS) is 11.3. The van der Waals surface area contributed by atoms with Gasteiger partial charge in [0.15, 0.2) is 5.78 Å². The summed E-state index contributed by atoms with van der Waals surface area (Å²) in [6.45, 7) is 1.32. The Morgan fingerprint density at radius 3 is 2.19 bits per heavy atom. The number of nitrogens with one attached hydrogen (secondary N) is 1. The first-order valence-corrected chi connectivity index (χ1v) is 9.12. The maximum absolute atomic E-state index is 12.5. The molecule has 26 heavy (non-hydrogen) atoms. The Kier molecular flexibility index (Phi) is 4.83. The lowest BCUT2D eigenvalue weighted by Gasteiger charge is -2.10. The number of carbonyl (C=O) groups is 2. The fourth-order valence-corrected chi connectivity index (χ4v) is 3.57. The zero-order valence-corrected chi connectivity index (χ0v) is 14.6. The monoisotopic (exact) mass is 369 g/mol. The molecule has 0 unspecified atom stereocenters. The van der Waals surface area contributed by atoms with E-state index in [0.29, 0.717) is 5.39 Å². The SMILES string of the molecule is CC(=O)c1ccccc1C(=O)NOS(=O)(=O)c1cccc2ccccc12. The minimum Gasteiger partial charge on any atom is -0.294 e. The number of hydrogen-bond acceptors (Lipinski definition) is 5. The first kappa shape index (κ1) is 17.8. The predicted octanol–water partition coefficient (Wildman–Crippen LogP) is 3.09. The Bertz CT molecular complexity index is 1100. The molecule has 0 aliphatic rings. The average Bonchev–Trinajstić information content (AvgIpc) is 2.65. The summed E-state index contributed by atoms with van der Waals surface area (Å²) in [6, 6.07) is 17.8. The molecule has 0 aliphatic carbocycles. The van der Waals surface area contributed by atoms with Crippen molar-refractivity contribution in [1.29, 1.82) is 0 Å². The Hall–Kier alpha value is -3.03. The van der Waals surface area contributed by atoms with Gasteiger partial charge in [0.05, 0.1) is 5.56 Å². The minimum absolute atomic E-state index is 0.0353. The van der Waals surface area contributed by atoms with E-state index in [1.807, 2.05) is 5.48 Å². The van der Waals surface area contributed by atoms with Crippen LogP contribution in [0.5, 0.6) is 0 Å². The molecule has 0 heterocycles. The molecule has 0 fully saturated rings. The van der Waals surface area contributed by atoms with E-state index in [2.05, 4.69) is 0 Å². The van der Waals surface area contributed by atoms with E-state index in [0.717, 1.165) is 5.39 Å². The summed E-state index contributed by atoms with van der Waals surface area (Å²) < 4.78 is 29.7. The second-order valence-corrected chi connectivity index (χ2v) is 7.06.